The minimum atomic E-state index is -0.457. The lowest BCUT2D eigenvalue weighted by molar-refractivity contribution is -0.118. The van der Waals surface area contributed by atoms with Crippen molar-refractivity contribution in [3.63, 3.8) is 0 Å². The first-order chi connectivity index (χ1) is 9.09. The molecule has 3 N–H and O–H groups in total. The van der Waals surface area contributed by atoms with Gasteiger partial charge in [-0.15, -0.1) is 0 Å². The molecule has 0 aromatic carbocycles. The van der Waals surface area contributed by atoms with Gasteiger partial charge in [0.05, 0.1) is 0 Å². The number of primary amides is 1. The zero-order valence-electron chi connectivity index (χ0n) is 12.2. The predicted molar refractivity (Wildman–Crippen MR) is 78.7 cm³/mol. The molecular weight excluding hydrogens is 278 g/mol. The van der Waals surface area contributed by atoms with Crippen LogP contribution in [-0.4, -0.2) is 22.8 Å². The molecule has 0 spiro atoms. The molecule has 1 aromatic rings. The van der Waals surface area contributed by atoms with Crippen molar-refractivity contribution in [1.82, 2.24) is 10.3 Å². The fourth-order valence-corrected chi connectivity index (χ4v) is 1.88. The van der Waals surface area contributed by atoms with E-state index in [-0.39, 0.29) is 28.9 Å². The Balaban J connectivity index is 2.93. The molecule has 0 radical (unpaired) electrons. The summed E-state index contributed by atoms with van der Waals surface area (Å²) >= 11 is 5.96. The molecule has 1 heterocycles. The number of pyridine rings is 1. The summed E-state index contributed by atoms with van der Waals surface area (Å²) in [6.45, 7) is 7.69. The highest BCUT2D eigenvalue weighted by Gasteiger charge is 2.19. The van der Waals surface area contributed by atoms with Gasteiger partial charge in [-0.05, 0) is 19.1 Å². The number of hydrogen-bond acceptors (Lipinski definition) is 3. The van der Waals surface area contributed by atoms with Crippen LogP contribution in [0.3, 0.4) is 0 Å². The van der Waals surface area contributed by atoms with Gasteiger partial charge in [0.15, 0.2) is 0 Å². The van der Waals surface area contributed by atoms with Gasteiger partial charge < -0.3 is 11.1 Å². The molecule has 0 bridgehead atoms. The minimum Gasteiger partial charge on any atom is -0.370 e. The SMILES string of the molecule is CC(CC(N)=O)NC(=O)c1cc(Cl)nc(C(C)(C)C)c1. The molecular formula is C14H20ClN3O2. The zero-order chi connectivity index (χ0) is 15.5. The summed E-state index contributed by atoms with van der Waals surface area (Å²) in [6, 6.07) is 2.88. The third kappa shape index (κ3) is 4.81. The Bertz CT molecular complexity index is 524. The molecule has 1 aromatic heterocycles. The lowest BCUT2D eigenvalue weighted by Crippen LogP contribution is -2.35. The normalized spacial score (nSPS) is 12.8. The van der Waals surface area contributed by atoms with E-state index in [2.05, 4.69) is 10.3 Å². The summed E-state index contributed by atoms with van der Waals surface area (Å²) in [5.41, 5.74) is 6.04. The zero-order valence-corrected chi connectivity index (χ0v) is 12.9. The summed E-state index contributed by atoms with van der Waals surface area (Å²) in [4.78, 5) is 27.2. The van der Waals surface area contributed by atoms with Gasteiger partial charge in [0.2, 0.25) is 5.91 Å². The van der Waals surface area contributed by atoms with Crippen LogP contribution in [0.1, 0.15) is 50.2 Å². The average molecular weight is 298 g/mol. The highest BCUT2D eigenvalue weighted by atomic mass is 35.5. The van der Waals surface area contributed by atoms with Crippen LogP contribution in [0.25, 0.3) is 0 Å². The monoisotopic (exact) mass is 297 g/mol. The van der Waals surface area contributed by atoms with Crippen LogP contribution in [0.2, 0.25) is 5.15 Å². The van der Waals surface area contributed by atoms with Gasteiger partial charge in [0.1, 0.15) is 5.15 Å². The van der Waals surface area contributed by atoms with E-state index < -0.39 is 5.91 Å². The Hall–Kier alpha value is -1.62. The van der Waals surface area contributed by atoms with E-state index in [1.54, 1.807) is 13.0 Å². The standard InChI is InChI=1S/C14H20ClN3O2/c1-8(5-12(16)19)17-13(20)9-6-10(14(2,3)4)18-11(15)7-9/h6-8H,5H2,1-4H3,(H2,16,19)(H,17,20). The maximum Gasteiger partial charge on any atom is 0.251 e. The van der Waals surface area contributed by atoms with Crippen molar-refractivity contribution in [2.75, 3.05) is 0 Å². The van der Waals surface area contributed by atoms with E-state index in [1.807, 2.05) is 20.8 Å². The fraction of sp³-hybridized carbons (Fsp3) is 0.500. The second kappa shape index (κ2) is 6.22. The van der Waals surface area contributed by atoms with Gasteiger partial charge >= 0.3 is 0 Å². The molecule has 1 atom stereocenters. The lowest BCUT2D eigenvalue weighted by Gasteiger charge is -2.19. The number of amides is 2. The number of carbonyl (C=O) groups is 2. The van der Waals surface area contributed by atoms with E-state index in [4.69, 9.17) is 17.3 Å². The molecule has 1 rings (SSSR count). The smallest absolute Gasteiger partial charge is 0.251 e. The molecule has 1 unspecified atom stereocenters. The largest absolute Gasteiger partial charge is 0.370 e. The van der Waals surface area contributed by atoms with Crippen LogP contribution in [0.15, 0.2) is 12.1 Å². The summed E-state index contributed by atoms with van der Waals surface area (Å²) in [7, 11) is 0. The Morgan fingerprint density at radius 3 is 2.50 bits per heavy atom. The summed E-state index contributed by atoms with van der Waals surface area (Å²) in [6.07, 6.45) is 0.0939. The molecule has 0 saturated carbocycles. The van der Waals surface area contributed by atoms with Crippen molar-refractivity contribution in [1.29, 1.82) is 0 Å². The lowest BCUT2D eigenvalue weighted by atomic mass is 9.91. The Labute approximate surface area is 123 Å². The molecule has 20 heavy (non-hydrogen) atoms. The number of halogens is 1. The molecule has 110 valence electrons. The molecule has 0 aliphatic carbocycles. The van der Waals surface area contributed by atoms with Crippen LogP contribution in [0.5, 0.6) is 0 Å². The van der Waals surface area contributed by atoms with Crippen LogP contribution in [0.4, 0.5) is 0 Å². The van der Waals surface area contributed by atoms with E-state index >= 15 is 0 Å². The van der Waals surface area contributed by atoms with Gasteiger partial charge in [0.25, 0.3) is 5.91 Å². The number of carbonyl (C=O) groups excluding carboxylic acids is 2. The van der Waals surface area contributed by atoms with E-state index in [9.17, 15) is 9.59 Å². The van der Waals surface area contributed by atoms with E-state index in [0.717, 1.165) is 5.69 Å². The topological polar surface area (TPSA) is 85.1 Å². The first-order valence-corrected chi connectivity index (χ1v) is 6.74. The number of hydrogen-bond donors (Lipinski definition) is 2. The number of nitrogens with one attached hydrogen (secondary N) is 1. The van der Waals surface area contributed by atoms with Crippen molar-refractivity contribution in [2.45, 2.75) is 45.6 Å². The van der Waals surface area contributed by atoms with E-state index in [1.165, 1.54) is 6.07 Å². The van der Waals surface area contributed by atoms with Crippen molar-refractivity contribution >= 4 is 23.4 Å². The van der Waals surface area contributed by atoms with Gasteiger partial charge in [0, 0.05) is 29.1 Å². The number of nitrogens with two attached hydrogens (primary N) is 1. The van der Waals surface area contributed by atoms with Gasteiger partial charge in [-0.25, -0.2) is 4.98 Å². The predicted octanol–water partition coefficient (Wildman–Crippen LogP) is 2.03. The molecule has 2 amide bonds. The third-order valence-corrected chi connectivity index (χ3v) is 2.90. The number of aromatic nitrogens is 1. The maximum atomic E-state index is 12.1. The molecule has 5 nitrogen and oxygen atoms in total. The Kier molecular flexibility index (Phi) is 5.11. The van der Waals surface area contributed by atoms with Crippen LogP contribution < -0.4 is 11.1 Å². The third-order valence-electron chi connectivity index (χ3n) is 2.71. The van der Waals surface area contributed by atoms with Crippen LogP contribution in [-0.2, 0) is 10.2 Å². The van der Waals surface area contributed by atoms with Crippen LogP contribution in [0, 0.1) is 0 Å². The average Bonchev–Trinajstić information content (AvgIpc) is 2.25. The van der Waals surface area contributed by atoms with Crippen LogP contribution >= 0.6 is 11.6 Å². The summed E-state index contributed by atoms with van der Waals surface area (Å²) < 4.78 is 0. The fourth-order valence-electron chi connectivity index (χ4n) is 1.67. The first-order valence-electron chi connectivity index (χ1n) is 6.37. The summed E-state index contributed by atoms with van der Waals surface area (Å²) in [5.74, 6) is -0.755. The Morgan fingerprint density at radius 2 is 2.00 bits per heavy atom. The van der Waals surface area contributed by atoms with E-state index in [0.29, 0.717) is 5.56 Å². The molecule has 0 fully saturated rings. The van der Waals surface area contributed by atoms with Crippen molar-refractivity contribution in [3.8, 4) is 0 Å². The highest BCUT2D eigenvalue weighted by molar-refractivity contribution is 6.29. The molecule has 6 heteroatoms. The number of nitrogens with zero attached hydrogens (tertiary/aromatic N) is 1. The van der Waals surface area contributed by atoms with Crippen molar-refractivity contribution < 1.29 is 9.59 Å². The minimum absolute atomic E-state index is 0.0939. The molecule has 0 aliphatic rings. The second-order valence-electron chi connectivity index (χ2n) is 5.86. The van der Waals surface area contributed by atoms with Gasteiger partial charge in [-0.1, -0.05) is 32.4 Å². The molecule has 0 saturated heterocycles. The van der Waals surface area contributed by atoms with Crippen molar-refractivity contribution in [3.05, 3.63) is 28.5 Å². The molecule has 0 aliphatic heterocycles. The van der Waals surface area contributed by atoms with Gasteiger partial charge in [-0.2, -0.15) is 0 Å². The maximum absolute atomic E-state index is 12.1. The van der Waals surface area contributed by atoms with Crippen molar-refractivity contribution in [2.24, 2.45) is 5.73 Å². The highest BCUT2D eigenvalue weighted by Crippen LogP contribution is 2.23. The van der Waals surface area contributed by atoms with Gasteiger partial charge in [-0.3, -0.25) is 9.59 Å². The Morgan fingerprint density at radius 1 is 1.40 bits per heavy atom. The quantitative estimate of drug-likeness (QED) is 0.834. The second-order valence-corrected chi connectivity index (χ2v) is 6.25. The first kappa shape index (κ1) is 16.4. The number of rotatable bonds is 4. The summed E-state index contributed by atoms with van der Waals surface area (Å²) in [5, 5.41) is 2.98.